The van der Waals surface area contributed by atoms with Crippen molar-refractivity contribution in [3.05, 3.63) is 11.9 Å². The number of aromatic nitrogens is 2. The molecule has 0 radical (unpaired) electrons. The van der Waals surface area contributed by atoms with Gasteiger partial charge in [-0.05, 0) is 5.92 Å². The first kappa shape index (κ1) is 15.6. The van der Waals surface area contributed by atoms with Crippen molar-refractivity contribution in [1.29, 1.82) is 0 Å². The SMILES string of the molecule is CC(C)c1c(NN)ncnc1N(C)CCS(C)(=O)=O. The highest BCUT2D eigenvalue weighted by molar-refractivity contribution is 7.90. The van der Waals surface area contributed by atoms with Gasteiger partial charge in [-0.25, -0.2) is 24.2 Å². The molecule has 0 amide bonds. The number of sulfone groups is 1. The highest BCUT2D eigenvalue weighted by Gasteiger charge is 2.18. The average Bonchev–Trinajstić information content (AvgIpc) is 2.33. The maximum Gasteiger partial charge on any atom is 0.149 e. The van der Waals surface area contributed by atoms with Crippen LogP contribution in [0.2, 0.25) is 0 Å². The van der Waals surface area contributed by atoms with E-state index < -0.39 is 9.84 Å². The Labute approximate surface area is 114 Å². The van der Waals surface area contributed by atoms with Crippen molar-refractivity contribution in [3.8, 4) is 0 Å². The number of rotatable bonds is 6. The van der Waals surface area contributed by atoms with E-state index >= 15 is 0 Å². The summed E-state index contributed by atoms with van der Waals surface area (Å²) >= 11 is 0. The fraction of sp³-hybridized carbons (Fsp3) is 0.636. The van der Waals surface area contributed by atoms with Gasteiger partial charge in [0.05, 0.1) is 5.75 Å². The van der Waals surface area contributed by atoms with Crippen molar-refractivity contribution >= 4 is 21.5 Å². The van der Waals surface area contributed by atoms with Crippen molar-refractivity contribution < 1.29 is 8.42 Å². The summed E-state index contributed by atoms with van der Waals surface area (Å²) in [5.41, 5.74) is 3.42. The van der Waals surface area contributed by atoms with Gasteiger partial charge in [-0.15, -0.1) is 0 Å². The second-order valence-electron chi connectivity index (χ2n) is 4.81. The van der Waals surface area contributed by atoms with E-state index in [9.17, 15) is 8.42 Å². The van der Waals surface area contributed by atoms with E-state index in [1.165, 1.54) is 12.6 Å². The zero-order valence-corrected chi connectivity index (χ0v) is 12.5. The van der Waals surface area contributed by atoms with E-state index in [4.69, 9.17) is 5.84 Å². The predicted octanol–water partition coefficient (Wildman–Crippen LogP) is 0.366. The molecule has 1 aromatic rings. The summed E-state index contributed by atoms with van der Waals surface area (Å²) in [7, 11) is -1.20. The molecule has 0 aromatic carbocycles. The molecule has 0 fully saturated rings. The van der Waals surface area contributed by atoms with Gasteiger partial charge in [-0.2, -0.15) is 0 Å². The Hall–Kier alpha value is -1.41. The van der Waals surface area contributed by atoms with E-state index in [-0.39, 0.29) is 11.7 Å². The Morgan fingerprint density at radius 2 is 2.05 bits per heavy atom. The number of hydrogen-bond acceptors (Lipinski definition) is 7. The van der Waals surface area contributed by atoms with Crippen LogP contribution in [-0.2, 0) is 9.84 Å². The minimum Gasteiger partial charge on any atom is -0.358 e. The molecule has 19 heavy (non-hydrogen) atoms. The van der Waals surface area contributed by atoms with E-state index in [1.807, 2.05) is 13.8 Å². The Kier molecular flexibility index (Phi) is 5.07. The quantitative estimate of drug-likeness (QED) is 0.575. The molecule has 0 saturated carbocycles. The lowest BCUT2D eigenvalue weighted by Gasteiger charge is -2.23. The third kappa shape index (κ3) is 4.32. The molecule has 1 heterocycles. The summed E-state index contributed by atoms with van der Waals surface area (Å²) < 4.78 is 22.4. The fourth-order valence-corrected chi connectivity index (χ4v) is 2.35. The fourth-order valence-electron chi connectivity index (χ4n) is 1.75. The summed E-state index contributed by atoms with van der Waals surface area (Å²) in [6, 6.07) is 0. The second-order valence-corrected chi connectivity index (χ2v) is 7.07. The van der Waals surface area contributed by atoms with Crippen molar-refractivity contribution in [2.45, 2.75) is 19.8 Å². The largest absolute Gasteiger partial charge is 0.358 e. The molecular weight excluding hydrogens is 266 g/mol. The van der Waals surface area contributed by atoms with Crippen LogP contribution in [0, 0.1) is 0 Å². The number of nitrogens with two attached hydrogens (primary N) is 1. The van der Waals surface area contributed by atoms with E-state index in [1.54, 1.807) is 11.9 Å². The molecule has 0 aliphatic rings. The molecule has 0 bridgehead atoms. The molecule has 108 valence electrons. The van der Waals surface area contributed by atoms with Gasteiger partial charge in [0.25, 0.3) is 0 Å². The van der Waals surface area contributed by atoms with E-state index in [0.29, 0.717) is 18.2 Å². The smallest absolute Gasteiger partial charge is 0.149 e. The van der Waals surface area contributed by atoms with Crippen LogP contribution in [0.25, 0.3) is 0 Å². The van der Waals surface area contributed by atoms with Crippen LogP contribution in [0.3, 0.4) is 0 Å². The number of nitrogens with zero attached hydrogens (tertiary/aromatic N) is 3. The van der Waals surface area contributed by atoms with Crippen LogP contribution in [0.15, 0.2) is 6.33 Å². The lowest BCUT2D eigenvalue weighted by molar-refractivity contribution is 0.601. The third-order valence-electron chi connectivity index (χ3n) is 2.74. The third-order valence-corrected chi connectivity index (χ3v) is 3.66. The number of hydrogen-bond donors (Lipinski definition) is 2. The van der Waals surface area contributed by atoms with Crippen molar-refractivity contribution in [2.75, 3.05) is 35.9 Å². The molecule has 3 N–H and O–H groups in total. The van der Waals surface area contributed by atoms with Gasteiger partial charge >= 0.3 is 0 Å². The van der Waals surface area contributed by atoms with Crippen molar-refractivity contribution in [1.82, 2.24) is 9.97 Å². The summed E-state index contributed by atoms with van der Waals surface area (Å²) in [5.74, 6) is 6.95. The highest BCUT2D eigenvalue weighted by atomic mass is 32.2. The Morgan fingerprint density at radius 1 is 1.42 bits per heavy atom. The zero-order valence-electron chi connectivity index (χ0n) is 11.7. The molecule has 1 rings (SSSR count). The molecule has 0 spiro atoms. The predicted molar refractivity (Wildman–Crippen MR) is 76.9 cm³/mol. The summed E-state index contributed by atoms with van der Waals surface area (Å²) in [6.45, 7) is 4.39. The summed E-state index contributed by atoms with van der Waals surface area (Å²) in [4.78, 5) is 10.1. The first-order valence-electron chi connectivity index (χ1n) is 5.96. The monoisotopic (exact) mass is 287 g/mol. The number of hydrazine groups is 1. The van der Waals surface area contributed by atoms with Gasteiger partial charge in [-0.1, -0.05) is 13.8 Å². The first-order valence-corrected chi connectivity index (χ1v) is 8.02. The van der Waals surface area contributed by atoms with Crippen LogP contribution in [0.5, 0.6) is 0 Å². The maximum absolute atomic E-state index is 11.2. The molecule has 0 aliphatic carbocycles. The van der Waals surface area contributed by atoms with E-state index in [0.717, 1.165) is 5.56 Å². The number of nitrogens with one attached hydrogen (secondary N) is 1. The Bertz CT molecular complexity index is 530. The van der Waals surface area contributed by atoms with Gasteiger partial charge in [0.1, 0.15) is 27.8 Å². The molecule has 8 heteroatoms. The molecular formula is C11H21N5O2S. The van der Waals surface area contributed by atoms with Crippen molar-refractivity contribution in [2.24, 2.45) is 5.84 Å². The maximum atomic E-state index is 11.2. The normalized spacial score (nSPS) is 11.7. The number of anilines is 2. The standard InChI is InChI=1S/C11H21N5O2S/c1-8(2)9-10(15-12)13-7-14-11(9)16(3)5-6-19(4,17)18/h7-8H,5-6,12H2,1-4H3,(H,13,14,15). The molecule has 0 atom stereocenters. The molecule has 0 unspecified atom stereocenters. The van der Waals surface area contributed by atoms with E-state index in [2.05, 4.69) is 15.4 Å². The van der Waals surface area contributed by atoms with Gasteiger partial charge in [-0.3, -0.25) is 0 Å². The Morgan fingerprint density at radius 3 is 2.53 bits per heavy atom. The van der Waals surface area contributed by atoms with Crippen molar-refractivity contribution in [3.63, 3.8) is 0 Å². The average molecular weight is 287 g/mol. The van der Waals surface area contributed by atoms with Crippen LogP contribution < -0.4 is 16.2 Å². The number of nitrogen functional groups attached to an aromatic ring is 1. The molecule has 0 saturated heterocycles. The highest BCUT2D eigenvalue weighted by Crippen LogP contribution is 2.29. The molecule has 0 aliphatic heterocycles. The van der Waals surface area contributed by atoms with Gasteiger partial charge < -0.3 is 10.3 Å². The lowest BCUT2D eigenvalue weighted by atomic mass is 10.0. The topological polar surface area (TPSA) is 101 Å². The zero-order chi connectivity index (χ0) is 14.6. The lowest BCUT2D eigenvalue weighted by Crippen LogP contribution is -2.27. The Balaban J connectivity index is 3.05. The molecule has 1 aromatic heterocycles. The van der Waals surface area contributed by atoms with Crippen LogP contribution >= 0.6 is 0 Å². The minimum atomic E-state index is -3.00. The van der Waals surface area contributed by atoms with Gasteiger partial charge in [0.15, 0.2) is 0 Å². The van der Waals surface area contributed by atoms with Crippen LogP contribution in [0.1, 0.15) is 25.3 Å². The van der Waals surface area contributed by atoms with Crippen LogP contribution in [-0.4, -0.2) is 44.0 Å². The second kappa shape index (κ2) is 6.16. The summed E-state index contributed by atoms with van der Waals surface area (Å²) in [6.07, 6.45) is 2.63. The van der Waals surface area contributed by atoms with Crippen LogP contribution in [0.4, 0.5) is 11.6 Å². The van der Waals surface area contributed by atoms with Gasteiger partial charge in [0, 0.05) is 25.4 Å². The first-order chi connectivity index (χ1) is 8.76. The minimum absolute atomic E-state index is 0.0798. The summed E-state index contributed by atoms with van der Waals surface area (Å²) in [5, 5.41) is 0. The molecule has 7 nitrogen and oxygen atoms in total. The van der Waals surface area contributed by atoms with Gasteiger partial charge in [0.2, 0.25) is 0 Å².